The SMILES string of the molecule is CCC1CCC(N(C(=O)[C@@H]2CC[C@H](CN)O2)C2CC2)CC1. The second kappa shape index (κ2) is 6.66. The van der Waals surface area contributed by atoms with Gasteiger partial charge in [0.25, 0.3) is 5.91 Å². The van der Waals surface area contributed by atoms with Crippen molar-refractivity contribution in [2.75, 3.05) is 6.54 Å². The summed E-state index contributed by atoms with van der Waals surface area (Å²) in [6, 6.07) is 0.967. The molecule has 1 amide bonds. The molecule has 0 spiro atoms. The molecule has 4 nitrogen and oxygen atoms in total. The maximum absolute atomic E-state index is 12.9. The van der Waals surface area contributed by atoms with E-state index < -0.39 is 0 Å². The van der Waals surface area contributed by atoms with Gasteiger partial charge in [-0.3, -0.25) is 4.79 Å². The minimum Gasteiger partial charge on any atom is -0.364 e. The van der Waals surface area contributed by atoms with E-state index in [1.54, 1.807) is 0 Å². The largest absolute Gasteiger partial charge is 0.364 e. The first-order valence-electron chi connectivity index (χ1n) is 8.90. The molecule has 0 unspecified atom stereocenters. The topological polar surface area (TPSA) is 55.6 Å². The number of nitrogens with zero attached hydrogens (tertiary/aromatic N) is 1. The van der Waals surface area contributed by atoms with E-state index in [0.29, 0.717) is 18.6 Å². The van der Waals surface area contributed by atoms with Crippen molar-refractivity contribution in [3.63, 3.8) is 0 Å². The molecule has 3 aliphatic rings. The number of carbonyl (C=O) groups is 1. The smallest absolute Gasteiger partial charge is 0.252 e. The van der Waals surface area contributed by atoms with Gasteiger partial charge in [0.2, 0.25) is 0 Å². The lowest BCUT2D eigenvalue weighted by Crippen LogP contribution is -2.48. The lowest BCUT2D eigenvalue weighted by molar-refractivity contribution is -0.146. The normalized spacial score (nSPS) is 36.7. The fourth-order valence-corrected chi connectivity index (χ4v) is 4.07. The molecule has 0 aromatic rings. The summed E-state index contributed by atoms with van der Waals surface area (Å²) < 4.78 is 5.85. The van der Waals surface area contributed by atoms with Gasteiger partial charge in [0.05, 0.1) is 6.10 Å². The van der Waals surface area contributed by atoms with Crippen LogP contribution in [0.2, 0.25) is 0 Å². The highest BCUT2D eigenvalue weighted by atomic mass is 16.5. The predicted molar refractivity (Wildman–Crippen MR) is 82.9 cm³/mol. The highest BCUT2D eigenvalue weighted by Gasteiger charge is 2.43. The van der Waals surface area contributed by atoms with Gasteiger partial charge in [0.15, 0.2) is 0 Å². The zero-order valence-corrected chi connectivity index (χ0v) is 13.3. The fourth-order valence-electron chi connectivity index (χ4n) is 4.07. The van der Waals surface area contributed by atoms with Gasteiger partial charge >= 0.3 is 0 Å². The van der Waals surface area contributed by atoms with Crippen molar-refractivity contribution < 1.29 is 9.53 Å². The Bertz CT molecular complexity index is 362. The van der Waals surface area contributed by atoms with Crippen LogP contribution >= 0.6 is 0 Å². The van der Waals surface area contributed by atoms with Gasteiger partial charge in [0, 0.05) is 18.6 Å². The number of hydrogen-bond acceptors (Lipinski definition) is 3. The monoisotopic (exact) mass is 294 g/mol. The molecule has 1 aliphatic heterocycles. The van der Waals surface area contributed by atoms with E-state index in [0.717, 1.165) is 18.8 Å². The number of amides is 1. The van der Waals surface area contributed by atoms with Crippen LogP contribution in [0.1, 0.15) is 64.7 Å². The van der Waals surface area contributed by atoms with Gasteiger partial charge in [-0.1, -0.05) is 13.3 Å². The van der Waals surface area contributed by atoms with Crippen molar-refractivity contribution in [2.24, 2.45) is 11.7 Å². The summed E-state index contributed by atoms with van der Waals surface area (Å²) in [5, 5.41) is 0. The molecule has 2 aliphatic carbocycles. The van der Waals surface area contributed by atoms with Crippen molar-refractivity contribution in [2.45, 2.75) is 89.0 Å². The fraction of sp³-hybridized carbons (Fsp3) is 0.941. The van der Waals surface area contributed by atoms with E-state index in [2.05, 4.69) is 11.8 Å². The van der Waals surface area contributed by atoms with E-state index in [9.17, 15) is 4.79 Å². The Kier molecular flexibility index (Phi) is 4.85. The minimum absolute atomic E-state index is 0.0934. The number of ether oxygens (including phenoxy) is 1. The molecule has 0 aromatic heterocycles. The maximum Gasteiger partial charge on any atom is 0.252 e. The van der Waals surface area contributed by atoms with Crippen molar-refractivity contribution in [1.82, 2.24) is 4.90 Å². The van der Waals surface area contributed by atoms with Gasteiger partial charge in [0.1, 0.15) is 6.10 Å². The van der Waals surface area contributed by atoms with Crippen LogP contribution in [-0.2, 0) is 9.53 Å². The van der Waals surface area contributed by atoms with Crippen molar-refractivity contribution in [3.05, 3.63) is 0 Å². The van der Waals surface area contributed by atoms with Crippen molar-refractivity contribution in [1.29, 1.82) is 0 Å². The van der Waals surface area contributed by atoms with E-state index >= 15 is 0 Å². The first kappa shape index (κ1) is 15.3. The summed E-state index contributed by atoms with van der Waals surface area (Å²) in [5.41, 5.74) is 5.67. The molecule has 1 heterocycles. The standard InChI is InChI=1S/C17H30N2O2/c1-2-12-3-5-13(6-4-12)19(14-7-8-14)17(20)16-10-9-15(11-18)21-16/h12-16H,2-11,18H2,1H3/t12?,13?,15-,16+/m1/s1. The molecule has 0 aromatic carbocycles. The second-order valence-corrected chi connectivity index (χ2v) is 7.12. The quantitative estimate of drug-likeness (QED) is 0.847. The van der Waals surface area contributed by atoms with Crippen LogP contribution in [0.4, 0.5) is 0 Å². The average Bonchev–Trinajstić information content (AvgIpc) is 3.23. The van der Waals surface area contributed by atoms with Crippen LogP contribution in [0, 0.1) is 5.92 Å². The number of carbonyl (C=O) groups excluding carboxylic acids is 1. The molecule has 3 rings (SSSR count). The van der Waals surface area contributed by atoms with Crippen LogP contribution in [0.5, 0.6) is 0 Å². The van der Waals surface area contributed by atoms with Gasteiger partial charge in [-0.05, 0) is 57.3 Å². The molecule has 3 fully saturated rings. The Morgan fingerprint density at radius 1 is 1.05 bits per heavy atom. The lowest BCUT2D eigenvalue weighted by atomic mass is 9.83. The highest BCUT2D eigenvalue weighted by Crippen LogP contribution is 2.37. The molecular weight excluding hydrogens is 264 g/mol. The van der Waals surface area contributed by atoms with Crippen LogP contribution in [0.3, 0.4) is 0 Å². The van der Waals surface area contributed by atoms with Crippen molar-refractivity contribution in [3.8, 4) is 0 Å². The number of rotatable bonds is 5. The molecule has 0 bridgehead atoms. The first-order chi connectivity index (χ1) is 10.2. The molecule has 120 valence electrons. The van der Waals surface area contributed by atoms with Crippen molar-refractivity contribution >= 4 is 5.91 Å². The highest BCUT2D eigenvalue weighted by molar-refractivity contribution is 5.82. The zero-order valence-electron chi connectivity index (χ0n) is 13.3. The number of hydrogen-bond donors (Lipinski definition) is 1. The van der Waals surface area contributed by atoms with E-state index in [-0.39, 0.29) is 18.1 Å². The summed E-state index contributed by atoms with van der Waals surface area (Å²) in [7, 11) is 0. The van der Waals surface area contributed by atoms with E-state index in [1.165, 1.54) is 44.9 Å². The molecule has 2 saturated carbocycles. The molecule has 4 heteroatoms. The van der Waals surface area contributed by atoms with Crippen LogP contribution < -0.4 is 5.73 Å². The Morgan fingerprint density at radius 2 is 1.67 bits per heavy atom. The molecule has 0 radical (unpaired) electrons. The average molecular weight is 294 g/mol. The Hall–Kier alpha value is -0.610. The maximum atomic E-state index is 12.9. The molecular formula is C17H30N2O2. The summed E-state index contributed by atoms with van der Waals surface area (Å²) in [4.78, 5) is 15.1. The Labute approximate surface area is 128 Å². The van der Waals surface area contributed by atoms with Gasteiger partial charge in [-0.25, -0.2) is 0 Å². The Morgan fingerprint density at radius 3 is 2.14 bits per heavy atom. The van der Waals surface area contributed by atoms with Crippen LogP contribution in [0.25, 0.3) is 0 Å². The van der Waals surface area contributed by atoms with Gasteiger partial charge in [-0.2, -0.15) is 0 Å². The Balaban J connectivity index is 1.61. The lowest BCUT2D eigenvalue weighted by Gasteiger charge is -2.38. The predicted octanol–water partition coefficient (Wildman–Crippen LogP) is 2.45. The summed E-state index contributed by atoms with van der Waals surface area (Å²) in [6.07, 6.45) is 10.3. The third kappa shape index (κ3) is 3.42. The summed E-state index contributed by atoms with van der Waals surface area (Å²) in [6.45, 7) is 2.82. The molecule has 2 N–H and O–H groups in total. The third-order valence-electron chi connectivity index (χ3n) is 5.63. The third-order valence-corrected chi connectivity index (χ3v) is 5.63. The van der Waals surface area contributed by atoms with E-state index in [1.807, 2.05) is 0 Å². The minimum atomic E-state index is -0.219. The van der Waals surface area contributed by atoms with E-state index in [4.69, 9.17) is 10.5 Å². The summed E-state index contributed by atoms with van der Waals surface area (Å²) >= 11 is 0. The van der Waals surface area contributed by atoms with Gasteiger partial charge in [-0.15, -0.1) is 0 Å². The zero-order chi connectivity index (χ0) is 14.8. The number of nitrogens with two attached hydrogens (primary N) is 1. The second-order valence-electron chi connectivity index (χ2n) is 7.12. The summed E-state index contributed by atoms with van der Waals surface area (Å²) in [5.74, 6) is 1.13. The first-order valence-corrected chi connectivity index (χ1v) is 8.90. The molecule has 21 heavy (non-hydrogen) atoms. The van der Waals surface area contributed by atoms with Gasteiger partial charge < -0.3 is 15.4 Å². The molecule has 1 saturated heterocycles. The van der Waals surface area contributed by atoms with Crippen LogP contribution in [0.15, 0.2) is 0 Å². The molecule has 2 atom stereocenters. The van der Waals surface area contributed by atoms with Crippen LogP contribution in [-0.4, -0.2) is 41.6 Å².